The molecule has 0 unspecified atom stereocenters. The molecule has 156 valence electrons. The second kappa shape index (κ2) is 11.0. The quantitative estimate of drug-likeness (QED) is 0.634. The summed E-state index contributed by atoms with van der Waals surface area (Å²) in [6, 6.07) is 15.0. The molecule has 0 aromatic heterocycles. The summed E-state index contributed by atoms with van der Waals surface area (Å²) >= 11 is 0. The summed E-state index contributed by atoms with van der Waals surface area (Å²) in [7, 11) is 0. The van der Waals surface area contributed by atoms with Crippen LogP contribution in [0.4, 0.5) is 4.39 Å². The van der Waals surface area contributed by atoms with Gasteiger partial charge in [-0.1, -0.05) is 24.3 Å². The van der Waals surface area contributed by atoms with Crippen LogP contribution in [0.3, 0.4) is 0 Å². The highest BCUT2D eigenvalue weighted by Gasteiger charge is 2.20. The van der Waals surface area contributed by atoms with Crippen LogP contribution in [0, 0.1) is 12.7 Å². The lowest BCUT2D eigenvalue weighted by molar-refractivity contribution is -0.122. The molecule has 0 aliphatic carbocycles. The molecule has 1 heterocycles. The number of ether oxygens (including phenoxy) is 1. The van der Waals surface area contributed by atoms with Crippen molar-refractivity contribution in [1.82, 2.24) is 10.2 Å². The van der Waals surface area contributed by atoms with Gasteiger partial charge in [0.15, 0.2) is 0 Å². The minimum atomic E-state index is -0.197. The fourth-order valence-corrected chi connectivity index (χ4v) is 3.67. The van der Waals surface area contributed by atoms with E-state index in [4.69, 9.17) is 4.74 Å². The molecule has 2 aromatic rings. The molecule has 1 amide bonds. The number of piperidine rings is 1. The normalized spacial score (nSPS) is 15.2. The van der Waals surface area contributed by atoms with Crippen LogP contribution in [0.25, 0.3) is 0 Å². The fraction of sp³-hybridized carbons (Fsp3) is 0.458. The Balaban J connectivity index is 1.26. The first-order chi connectivity index (χ1) is 14.1. The number of amides is 1. The molecular formula is C24H31FN2O2. The Morgan fingerprint density at radius 3 is 2.62 bits per heavy atom. The van der Waals surface area contributed by atoms with Gasteiger partial charge < -0.3 is 10.1 Å². The van der Waals surface area contributed by atoms with Gasteiger partial charge in [-0.25, -0.2) is 4.39 Å². The van der Waals surface area contributed by atoms with Crippen molar-refractivity contribution in [2.75, 3.05) is 19.7 Å². The maximum atomic E-state index is 13.0. The Morgan fingerprint density at radius 2 is 1.90 bits per heavy atom. The van der Waals surface area contributed by atoms with Gasteiger partial charge in [0.2, 0.25) is 5.91 Å². The number of benzene rings is 2. The van der Waals surface area contributed by atoms with Gasteiger partial charge in [0.1, 0.15) is 11.6 Å². The minimum absolute atomic E-state index is 0.137. The third-order valence-electron chi connectivity index (χ3n) is 5.33. The molecule has 0 spiro atoms. The summed E-state index contributed by atoms with van der Waals surface area (Å²) in [5, 5.41) is 3.17. The Labute approximate surface area is 173 Å². The molecule has 29 heavy (non-hydrogen) atoms. The van der Waals surface area contributed by atoms with Crippen molar-refractivity contribution in [1.29, 1.82) is 0 Å². The maximum absolute atomic E-state index is 13.0. The predicted octanol–water partition coefficient (Wildman–Crippen LogP) is 4.46. The van der Waals surface area contributed by atoms with E-state index >= 15 is 0 Å². The average Bonchev–Trinajstić information content (AvgIpc) is 2.71. The van der Waals surface area contributed by atoms with Crippen molar-refractivity contribution in [3.8, 4) is 5.75 Å². The minimum Gasteiger partial charge on any atom is -0.494 e. The lowest BCUT2D eigenvalue weighted by Gasteiger charge is -2.32. The number of hydrogen-bond donors (Lipinski definition) is 1. The summed E-state index contributed by atoms with van der Waals surface area (Å²) in [4.78, 5) is 14.6. The number of unbranched alkanes of at least 4 members (excludes halogenated alkanes) is 1. The van der Waals surface area contributed by atoms with Crippen molar-refractivity contribution in [3.05, 3.63) is 65.5 Å². The first-order valence-electron chi connectivity index (χ1n) is 10.5. The van der Waals surface area contributed by atoms with Crippen LogP contribution in [-0.4, -0.2) is 36.5 Å². The van der Waals surface area contributed by atoms with E-state index in [2.05, 4.69) is 10.2 Å². The second-order valence-corrected chi connectivity index (χ2v) is 7.87. The molecule has 2 aromatic carbocycles. The fourth-order valence-electron chi connectivity index (χ4n) is 3.67. The molecule has 0 saturated carbocycles. The van der Waals surface area contributed by atoms with Gasteiger partial charge in [-0.2, -0.15) is 0 Å². The Hall–Kier alpha value is -2.40. The highest BCUT2D eigenvalue weighted by molar-refractivity contribution is 5.76. The van der Waals surface area contributed by atoms with E-state index in [0.717, 1.165) is 56.6 Å². The molecule has 0 bridgehead atoms. The van der Waals surface area contributed by atoms with Crippen LogP contribution in [0.1, 0.15) is 43.2 Å². The highest BCUT2D eigenvalue weighted by atomic mass is 19.1. The number of hydrogen-bond acceptors (Lipinski definition) is 3. The number of nitrogens with zero attached hydrogens (tertiary/aromatic N) is 1. The largest absolute Gasteiger partial charge is 0.494 e. The number of halogens is 1. The molecule has 5 heteroatoms. The molecule has 0 radical (unpaired) electrons. The van der Waals surface area contributed by atoms with Crippen molar-refractivity contribution < 1.29 is 13.9 Å². The summed E-state index contributed by atoms with van der Waals surface area (Å²) in [6.45, 7) is 5.42. The lowest BCUT2D eigenvalue weighted by Crippen LogP contribution is -2.44. The van der Waals surface area contributed by atoms with Crippen LogP contribution in [0.15, 0.2) is 48.5 Å². The number of rotatable bonds is 9. The molecule has 1 aliphatic heterocycles. The zero-order valence-corrected chi connectivity index (χ0v) is 17.2. The Morgan fingerprint density at radius 1 is 1.14 bits per heavy atom. The van der Waals surface area contributed by atoms with Crippen molar-refractivity contribution in [2.24, 2.45) is 0 Å². The zero-order chi connectivity index (χ0) is 20.5. The highest BCUT2D eigenvalue weighted by Crippen LogP contribution is 2.15. The first kappa shape index (κ1) is 21.3. The zero-order valence-electron chi connectivity index (χ0n) is 17.2. The predicted molar refractivity (Wildman–Crippen MR) is 113 cm³/mol. The second-order valence-electron chi connectivity index (χ2n) is 7.87. The van der Waals surface area contributed by atoms with Gasteiger partial charge >= 0.3 is 0 Å². The SMILES string of the molecule is Cc1cccc(OCCCCC(=O)NC2CCN(Cc3ccc(F)cc3)CC2)c1. The van der Waals surface area contributed by atoms with Gasteiger partial charge in [-0.15, -0.1) is 0 Å². The molecule has 1 N–H and O–H groups in total. The molecule has 1 fully saturated rings. The molecule has 1 aliphatic rings. The molecule has 4 nitrogen and oxygen atoms in total. The third kappa shape index (κ3) is 7.50. The van der Waals surface area contributed by atoms with Crippen molar-refractivity contribution in [3.63, 3.8) is 0 Å². The summed E-state index contributed by atoms with van der Waals surface area (Å²) in [5.74, 6) is 0.830. The molecule has 1 saturated heterocycles. The van der Waals surface area contributed by atoms with Crippen LogP contribution in [0.5, 0.6) is 5.75 Å². The summed E-state index contributed by atoms with van der Waals surface area (Å²) < 4.78 is 18.7. The third-order valence-corrected chi connectivity index (χ3v) is 5.33. The molecule has 3 rings (SSSR count). The van der Waals surface area contributed by atoms with E-state index < -0.39 is 0 Å². The standard InChI is InChI=1S/C24H31FN2O2/c1-19-5-4-6-23(17-19)29-16-3-2-7-24(28)26-22-12-14-27(15-13-22)18-20-8-10-21(25)11-9-20/h4-6,8-11,17,22H,2-3,7,12-16,18H2,1H3,(H,26,28). The van der Waals surface area contributed by atoms with Crippen molar-refractivity contribution >= 4 is 5.91 Å². The van der Waals surface area contributed by atoms with E-state index in [-0.39, 0.29) is 17.8 Å². The van der Waals surface area contributed by atoms with Crippen LogP contribution < -0.4 is 10.1 Å². The van der Waals surface area contributed by atoms with E-state index in [0.29, 0.717) is 13.0 Å². The van der Waals surface area contributed by atoms with E-state index in [1.54, 1.807) is 0 Å². The number of likely N-dealkylation sites (tertiary alicyclic amines) is 1. The van der Waals surface area contributed by atoms with Gasteiger partial charge in [-0.3, -0.25) is 9.69 Å². The number of aryl methyl sites for hydroxylation is 1. The van der Waals surface area contributed by atoms with E-state index in [1.807, 2.05) is 43.3 Å². The number of nitrogens with one attached hydrogen (secondary N) is 1. The maximum Gasteiger partial charge on any atom is 0.220 e. The average molecular weight is 399 g/mol. The van der Waals surface area contributed by atoms with E-state index in [9.17, 15) is 9.18 Å². The van der Waals surface area contributed by atoms with E-state index in [1.165, 1.54) is 17.7 Å². The van der Waals surface area contributed by atoms with Crippen molar-refractivity contribution in [2.45, 2.75) is 51.6 Å². The smallest absolute Gasteiger partial charge is 0.220 e. The monoisotopic (exact) mass is 398 g/mol. The Kier molecular flexibility index (Phi) is 8.05. The Bertz CT molecular complexity index is 771. The van der Waals surface area contributed by atoms with Gasteiger partial charge in [-0.05, 0) is 68.0 Å². The van der Waals surface area contributed by atoms with Crippen LogP contribution in [-0.2, 0) is 11.3 Å². The number of carbonyl (C=O) groups is 1. The topological polar surface area (TPSA) is 41.6 Å². The lowest BCUT2D eigenvalue weighted by atomic mass is 10.0. The summed E-state index contributed by atoms with van der Waals surface area (Å²) in [5.41, 5.74) is 2.31. The van der Waals surface area contributed by atoms with Gasteiger partial charge in [0.05, 0.1) is 6.61 Å². The van der Waals surface area contributed by atoms with Gasteiger partial charge in [0, 0.05) is 32.1 Å². The van der Waals surface area contributed by atoms with Crippen LogP contribution >= 0.6 is 0 Å². The summed E-state index contributed by atoms with van der Waals surface area (Å²) in [6.07, 6.45) is 4.18. The first-order valence-corrected chi connectivity index (χ1v) is 10.5. The number of carbonyl (C=O) groups excluding carboxylic acids is 1. The van der Waals surface area contributed by atoms with Gasteiger partial charge in [0.25, 0.3) is 0 Å². The molecule has 0 atom stereocenters. The molecular weight excluding hydrogens is 367 g/mol. The van der Waals surface area contributed by atoms with Crippen LogP contribution in [0.2, 0.25) is 0 Å².